The Morgan fingerprint density at radius 1 is 1.50 bits per heavy atom. The Kier molecular flexibility index (Phi) is 2.67. The van der Waals surface area contributed by atoms with Crippen LogP contribution in [0.3, 0.4) is 0 Å². The first kappa shape index (κ1) is 12.0. The minimum Gasteiger partial charge on any atom is -0.391 e. The molecule has 0 radical (unpaired) electrons. The summed E-state index contributed by atoms with van der Waals surface area (Å²) >= 11 is 0. The number of halogens is 2. The molecule has 3 rings (SSSR count). The lowest BCUT2D eigenvalue weighted by atomic mass is 9.98. The highest BCUT2D eigenvalue weighted by molar-refractivity contribution is 5.32. The largest absolute Gasteiger partial charge is 0.391 e. The summed E-state index contributed by atoms with van der Waals surface area (Å²) in [7, 11) is 0. The van der Waals surface area contributed by atoms with Gasteiger partial charge < -0.3 is 10.4 Å². The lowest BCUT2D eigenvalue weighted by molar-refractivity contribution is -0.0245. The van der Waals surface area contributed by atoms with E-state index in [1.165, 1.54) is 4.68 Å². The molecule has 0 amide bonds. The highest BCUT2D eigenvalue weighted by Crippen LogP contribution is 2.39. The number of aromatic nitrogens is 2. The van der Waals surface area contributed by atoms with E-state index in [0.29, 0.717) is 18.5 Å². The molecule has 0 saturated carbocycles. The molecule has 6 heteroatoms. The molecule has 0 spiro atoms. The fourth-order valence-corrected chi connectivity index (χ4v) is 2.84. The summed E-state index contributed by atoms with van der Waals surface area (Å²) in [6.45, 7) is 2.63. The van der Waals surface area contributed by atoms with Crippen LogP contribution in [-0.4, -0.2) is 27.0 Å². The first-order valence-corrected chi connectivity index (χ1v) is 6.35. The van der Waals surface area contributed by atoms with Crippen LogP contribution in [0.5, 0.6) is 0 Å². The molecule has 18 heavy (non-hydrogen) atoms. The average Bonchev–Trinajstić information content (AvgIpc) is 2.59. The van der Waals surface area contributed by atoms with Gasteiger partial charge in [-0.15, -0.1) is 0 Å². The molecule has 3 heterocycles. The van der Waals surface area contributed by atoms with Crippen molar-refractivity contribution in [1.82, 2.24) is 15.1 Å². The second-order valence-electron chi connectivity index (χ2n) is 5.34. The zero-order valence-corrected chi connectivity index (χ0v) is 10.3. The molecule has 2 unspecified atom stereocenters. The van der Waals surface area contributed by atoms with Gasteiger partial charge in [-0.1, -0.05) is 0 Å². The molecular weight excluding hydrogens is 240 g/mol. The SMILES string of the molecule is CC1Cc2nn3c(c2CN1)C(F)(F)CCC(O)C3. The van der Waals surface area contributed by atoms with E-state index in [9.17, 15) is 13.9 Å². The van der Waals surface area contributed by atoms with Gasteiger partial charge in [0.15, 0.2) is 0 Å². The van der Waals surface area contributed by atoms with Crippen LogP contribution >= 0.6 is 0 Å². The molecule has 0 fully saturated rings. The highest BCUT2D eigenvalue weighted by atomic mass is 19.3. The fourth-order valence-electron chi connectivity index (χ4n) is 2.84. The van der Waals surface area contributed by atoms with Crippen LogP contribution in [0.4, 0.5) is 8.78 Å². The molecular formula is C12H17F2N3O. The molecule has 1 aromatic heterocycles. The van der Waals surface area contributed by atoms with Gasteiger partial charge in [0.2, 0.25) is 0 Å². The van der Waals surface area contributed by atoms with Crippen molar-refractivity contribution in [1.29, 1.82) is 0 Å². The predicted molar refractivity (Wildman–Crippen MR) is 61.4 cm³/mol. The molecule has 0 aliphatic carbocycles. The zero-order valence-electron chi connectivity index (χ0n) is 10.3. The van der Waals surface area contributed by atoms with Gasteiger partial charge in [-0.3, -0.25) is 4.68 Å². The maximum Gasteiger partial charge on any atom is 0.289 e. The molecule has 2 N–H and O–H groups in total. The minimum atomic E-state index is -2.89. The van der Waals surface area contributed by atoms with Gasteiger partial charge in [0.05, 0.1) is 18.3 Å². The Bertz CT molecular complexity index is 472. The number of hydrogen-bond acceptors (Lipinski definition) is 3. The first-order valence-electron chi connectivity index (χ1n) is 6.35. The van der Waals surface area contributed by atoms with Gasteiger partial charge in [-0.2, -0.15) is 13.9 Å². The van der Waals surface area contributed by atoms with Crippen molar-refractivity contribution < 1.29 is 13.9 Å². The molecule has 2 aliphatic rings. The minimum absolute atomic E-state index is 0.00782. The summed E-state index contributed by atoms with van der Waals surface area (Å²) in [4.78, 5) is 0. The van der Waals surface area contributed by atoms with Crippen LogP contribution in [0.1, 0.15) is 36.7 Å². The van der Waals surface area contributed by atoms with Crippen molar-refractivity contribution in [2.45, 2.75) is 57.3 Å². The molecule has 100 valence electrons. The van der Waals surface area contributed by atoms with Crippen LogP contribution in [0.15, 0.2) is 0 Å². The van der Waals surface area contributed by atoms with E-state index in [-0.39, 0.29) is 31.1 Å². The van der Waals surface area contributed by atoms with E-state index < -0.39 is 12.0 Å². The highest BCUT2D eigenvalue weighted by Gasteiger charge is 2.42. The summed E-state index contributed by atoms with van der Waals surface area (Å²) in [5.41, 5.74) is 1.39. The van der Waals surface area contributed by atoms with Crippen molar-refractivity contribution in [3.63, 3.8) is 0 Å². The third-order valence-corrected chi connectivity index (χ3v) is 3.78. The standard InChI is InChI=1S/C12H17F2N3O/c1-7-4-10-9(5-15-7)11-12(13,14)3-2-8(18)6-17(11)16-10/h7-8,15,18H,2-6H2,1H3. The molecule has 0 aromatic carbocycles. The van der Waals surface area contributed by atoms with Gasteiger partial charge in [0.25, 0.3) is 5.92 Å². The number of nitrogens with one attached hydrogen (secondary N) is 1. The molecule has 0 bridgehead atoms. The third kappa shape index (κ3) is 1.83. The van der Waals surface area contributed by atoms with Crippen molar-refractivity contribution in [2.24, 2.45) is 0 Å². The van der Waals surface area contributed by atoms with Gasteiger partial charge in [0.1, 0.15) is 5.69 Å². The van der Waals surface area contributed by atoms with Crippen LogP contribution in [-0.2, 0) is 25.4 Å². The molecule has 1 aromatic rings. The van der Waals surface area contributed by atoms with Crippen molar-refractivity contribution in [2.75, 3.05) is 0 Å². The Hall–Kier alpha value is -1.01. The monoisotopic (exact) mass is 257 g/mol. The number of aliphatic hydroxyl groups is 1. The van der Waals surface area contributed by atoms with Crippen LogP contribution in [0.25, 0.3) is 0 Å². The molecule has 0 saturated heterocycles. The number of fused-ring (bicyclic) bond motifs is 3. The molecule has 2 atom stereocenters. The van der Waals surface area contributed by atoms with Crippen molar-refractivity contribution >= 4 is 0 Å². The van der Waals surface area contributed by atoms with Crippen molar-refractivity contribution in [3.05, 3.63) is 17.0 Å². The number of alkyl halides is 2. The predicted octanol–water partition coefficient (Wildman–Crippen LogP) is 1.16. The van der Waals surface area contributed by atoms with E-state index in [1.54, 1.807) is 0 Å². The van der Waals surface area contributed by atoms with Gasteiger partial charge in [-0.25, -0.2) is 0 Å². The maximum atomic E-state index is 14.1. The zero-order chi connectivity index (χ0) is 12.9. The summed E-state index contributed by atoms with van der Waals surface area (Å²) < 4.78 is 29.6. The van der Waals surface area contributed by atoms with Gasteiger partial charge in [-0.05, 0) is 13.3 Å². The van der Waals surface area contributed by atoms with E-state index in [4.69, 9.17) is 0 Å². The topological polar surface area (TPSA) is 50.1 Å². The molecule has 4 nitrogen and oxygen atoms in total. The van der Waals surface area contributed by atoms with E-state index in [0.717, 1.165) is 5.69 Å². The van der Waals surface area contributed by atoms with Crippen LogP contribution in [0.2, 0.25) is 0 Å². The van der Waals surface area contributed by atoms with Gasteiger partial charge >= 0.3 is 0 Å². The Morgan fingerprint density at radius 3 is 3.06 bits per heavy atom. The van der Waals surface area contributed by atoms with Crippen LogP contribution in [0, 0.1) is 0 Å². The van der Waals surface area contributed by atoms with Gasteiger partial charge in [0, 0.05) is 31.0 Å². The summed E-state index contributed by atoms with van der Waals surface area (Å²) in [5, 5.41) is 17.2. The Labute approximate surface area is 104 Å². The number of nitrogens with zero attached hydrogens (tertiary/aromatic N) is 2. The smallest absolute Gasteiger partial charge is 0.289 e. The number of aliphatic hydroxyl groups excluding tert-OH is 1. The van der Waals surface area contributed by atoms with Crippen LogP contribution < -0.4 is 5.32 Å². The van der Waals surface area contributed by atoms with E-state index in [2.05, 4.69) is 10.4 Å². The third-order valence-electron chi connectivity index (χ3n) is 3.78. The van der Waals surface area contributed by atoms with E-state index in [1.807, 2.05) is 6.92 Å². The normalized spacial score (nSPS) is 30.4. The molecule has 2 aliphatic heterocycles. The second kappa shape index (κ2) is 3.99. The van der Waals surface area contributed by atoms with Crippen molar-refractivity contribution in [3.8, 4) is 0 Å². The average molecular weight is 257 g/mol. The Balaban J connectivity index is 2.10. The second-order valence-corrected chi connectivity index (χ2v) is 5.34. The summed E-state index contributed by atoms with van der Waals surface area (Å²) in [6, 6.07) is 0.259. The van der Waals surface area contributed by atoms with E-state index >= 15 is 0 Å². The fraction of sp³-hybridized carbons (Fsp3) is 0.750. The first-order chi connectivity index (χ1) is 8.47. The number of rotatable bonds is 0. The lowest BCUT2D eigenvalue weighted by Gasteiger charge is -2.22. The summed E-state index contributed by atoms with van der Waals surface area (Å²) in [6.07, 6.45) is -0.248. The number of hydrogen-bond donors (Lipinski definition) is 2. The quantitative estimate of drug-likeness (QED) is 0.733. The lowest BCUT2D eigenvalue weighted by Crippen LogP contribution is -2.33. The Morgan fingerprint density at radius 2 is 2.28 bits per heavy atom. The maximum absolute atomic E-state index is 14.1. The summed E-state index contributed by atoms with van der Waals surface area (Å²) in [5.74, 6) is -2.89.